The van der Waals surface area contributed by atoms with Crippen molar-refractivity contribution in [3.8, 4) is 0 Å². The molecule has 0 nitrogen and oxygen atoms in total. The van der Waals surface area contributed by atoms with Gasteiger partial charge in [0.15, 0.2) is 0 Å². The highest BCUT2D eigenvalue weighted by Gasteiger charge is 2.27. The molecule has 1 aromatic rings. The molecule has 1 unspecified atom stereocenters. The first-order valence-electron chi connectivity index (χ1n) is 8.81. The smallest absolute Gasteiger partial charge is 0.0107 e. The van der Waals surface area contributed by atoms with Crippen LogP contribution in [0.3, 0.4) is 0 Å². The van der Waals surface area contributed by atoms with Crippen molar-refractivity contribution in [3.63, 3.8) is 0 Å². The molecule has 0 aliphatic carbocycles. The van der Waals surface area contributed by atoms with E-state index in [0.717, 1.165) is 0 Å². The summed E-state index contributed by atoms with van der Waals surface area (Å²) in [6, 6.07) is 9.06. The van der Waals surface area contributed by atoms with E-state index >= 15 is 0 Å². The van der Waals surface area contributed by atoms with Gasteiger partial charge in [0.05, 0.1) is 0 Å². The molecule has 1 atom stereocenters. The Morgan fingerprint density at radius 3 is 2.14 bits per heavy atom. The Bertz CT molecular complexity index is 385. The Morgan fingerprint density at radius 1 is 0.857 bits per heavy atom. The molecule has 0 aromatic heterocycles. The van der Waals surface area contributed by atoms with Crippen LogP contribution < -0.4 is 0 Å². The molecule has 21 heavy (non-hydrogen) atoms. The van der Waals surface area contributed by atoms with Crippen molar-refractivity contribution < 1.29 is 0 Å². The minimum absolute atomic E-state index is 0.363. The minimum Gasteiger partial charge on any atom is -0.129 e. The second-order valence-corrected chi connectivity index (χ2v) is 7.38. The Labute approximate surface area is 137 Å². The summed E-state index contributed by atoms with van der Waals surface area (Å²) < 4.78 is 0. The van der Waals surface area contributed by atoms with Crippen molar-refractivity contribution in [3.05, 3.63) is 29.8 Å². The van der Waals surface area contributed by atoms with E-state index < -0.39 is 0 Å². The van der Waals surface area contributed by atoms with Crippen molar-refractivity contribution in [2.45, 2.75) is 88.9 Å². The highest BCUT2D eigenvalue weighted by Crippen LogP contribution is 2.39. The number of benzene rings is 1. The van der Waals surface area contributed by atoms with E-state index in [0.29, 0.717) is 5.41 Å². The molecule has 1 heteroatoms. The molecule has 0 radical (unpaired) electrons. The lowest BCUT2D eigenvalue weighted by atomic mass is 9.74. The summed E-state index contributed by atoms with van der Waals surface area (Å²) in [4.78, 5) is 1.48. The average Bonchev–Trinajstić information content (AvgIpc) is 2.52. The van der Waals surface area contributed by atoms with Crippen LogP contribution in [-0.2, 0) is 5.41 Å². The van der Waals surface area contributed by atoms with Crippen LogP contribution in [0.25, 0.3) is 0 Å². The monoisotopic (exact) mass is 306 g/mol. The molecule has 0 amide bonds. The van der Waals surface area contributed by atoms with Crippen LogP contribution in [0.15, 0.2) is 29.2 Å². The van der Waals surface area contributed by atoms with E-state index in [1.165, 1.54) is 62.7 Å². The molecule has 1 aromatic carbocycles. The number of rotatable bonds is 11. The largest absolute Gasteiger partial charge is 0.129 e. The van der Waals surface area contributed by atoms with Crippen LogP contribution in [0.5, 0.6) is 0 Å². The third kappa shape index (κ3) is 6.06. The summed E-state index contributed by atoms with van der Waals surface area (Å²) in [5.41, 5.74) is 1.95. The lowest BCUT2D eigenvalue weighted by Crippen LogP contribution is -2.23. The highest BCUT2D eigenvalue weighted by molar-refractivity contribution is 7.98. The van der Waals surface area contributed by atoms with Crippen molar-refractivity contribution in [1.29, 1.82) is 0 Å². The number of hydrogen-bond acceptors (Lipinski definition) is 1. The standard InChI is InChI=1S/C20H34S/c1-5-7-9-10-13-17-20(3,16-8-6-2)18-14-11-12-15-19(18)21-4/h11-12,14-15H,5-10,13,16-17H2,1-4H3. The minimum atomic E-state index is 0.363. The lowest BCUT2D eigenvalue weighted by molar-refractivity contribution is 0.363. The van der Waals surface area contributed by atoms with Gasteiger partial charge < -0.3 is 0 Å². The molecule has 0 saturated carbocycles. The van der Waals surface area contributed by atoms with E-state index in [4.69, 9.17) is 0 Å². The van der Waals surface area contributed by atoms with E-state index in [2.05, 4.69) is 51.3 Å². The number of hydrogen-bond donors (Lipinski definition) is 0. The van der Waals surface area contributed by atoms with Crippen LogP contribution in [0.2, 0.25) is 0 Å². The van der Waals surface area contributed by atoms with Crippen molar-refractivity contribution in [1.82, 2.24) is 0 Å². The predicted molar refractivity (Wildman–Crippen MR) is 98.5 cm³/mol. The van der Waals surface area contributed by atoms with Crippen LogP contribution >= 0.6 is 11.8 Å². The van der Waals surface area contributed by atoms with Crippen molar-refractivity contribution in [2.75, 3.05) is 6.26 Å². The Kier molecular flexibility index (Phi) is 9.15. The molecule has 0 heterocycles. The van der Waals surface area contributed by atoms with E-state index in [1.807, 2.05) is 11.8 Å². The van der Waals surface area contributed by atoms with E-state index in [-0.39, 0.29) is 0 Å². The Morgan fingerprint density at radius 2 is 1.48 bits per heavy atom. The fraction of sp³-hybridized carbons (Fsp3) is 0.700. The molecule has 0 aliphatic rings. The van der Waals surface area contributed by atoms with Gasteiger partial charge in [0.2, 0.25) is 0 Å². The van der Waals surface area contributed by atoms with Crippen LogP contribution in [-0.4, -0.2) is 6.26 Å². The third-order valence-corrected chi connectivity index (χ3v) is 5.47. The SMILES string of the molecule is CCCCCCCC(C)(CCCC)c1ccccc1SC. The molecule has 0 N–H and O–H groups in total. The molecule has 1 rings (SSSR count). The van der Waals surface area contributed by atoms with Gasteiger partial charge >= 0.3 is 0 Å². The summed E-state index contributed by atoms with van der Waals surface area (Å²) >= 11 is 1.90. The summed E-state index contributed by atoms with van der Waals surface area (Å²) in [5, 5.41) is 0. The lowest BCUT2D eigenvalue weighted by Gasteiger charge is -2.32. The molecule has 0 fully saturated rings. The normalized spacial score (nSPS) is 14.1. The van der Waals surface area contributed by atoms with Gasteiger partial charge in [0.1, 0.15) is 0 Å². The summed E-state index contributed by atoms with van der Waals surface area (Å²) in [7, 11) is 0. The van der Waals surface area contributed by atoms with Gasteiger partial charge in [0.25, 0.3) is 0 Å². The number of thioether (sulfide) groups is 1. The van der Waals surface area contributed by atoms with Crippen molar-refractivity contribution in [2.24, 2.45) is 0 Å². The fourth-order valence-corrected chi connectivity index (χ4v) is 3.97. The second kappa shape index (κ2) is 10.3. The van der Waals surface area contributed by atoms with Gasteiger partial charge in [-0.3, -0.25) is 0 Å². The van der Waals surface area contributed by atoms with Crippen LogP contribution in [0, 0.1) is 0 Å². The first-order chi connectivity index (χ1) is 10.2. The maximum atomic E-state index is 2.50. The molecular formula is C20H34S. The van der Waals surface area contributed by atoms with Gasteiger partial charge in [-0.15, -0.1) is 11.8 Å². The molecular weight excluding hydrogens is 272 g/mol. The molecule has 0 spiro atoms. The average molecular weight is 307 g/mol. The maximum Gasteiger partial charge on any atom is 0.0107 e. The zero-order chi connectivity index (χ0) is 15.6. The summed E-state index contributed by atoms with van der Waals surface area (Å²) in [5.74, 6) is 0. The van der Waals surface area contributed by atoms with Gasteiger partial charge in [-0.2, -0.15) is 0 Å². The maximum absolute atomic E-state index is 2.50. The third-order valence-electron chi connectivity index (χ3n) is 4.67. The van der Waals surface area contributed by atoms with E-state index in [9.17, 15) is 0 Å². The highest BCUT2D eigenvalue weighted by atomic mass is 32.2. The molecule has 120 valence electrons. The summed E-state index contributed by atoms with van der Waals surface area (Å²) in [6.45, 7) is 7.10. The van der Waals surface area contributed by atoms with Crippen LogP contribution in [0.4, 0.5) is 0 Å². The van der Waals surface area contributed by atoms with Gasteiger partial charge in [-0.25, -0.2) is 0 Å². The predicted octanol–water partition coefficient (Wildman–Crippen LogP) is 7.22. The molecule has 0 bridgehead atoms. The van der Waals surface area contributed by atoms with Gasteiger partial charge in [-0.1, -0.05) is 83.9 Å². The summed E-state index contributed by atoms with van der Waals surface area (Å²) in [6.07, 6.45) is 14.4. The van der Waals surface area contributed by atoms with Crippen molar-refractivity contribution >= 4 is 11.8 Å². The first kappa shape index (κ1) is 18.6. The van der Waals surface area contributed by atoms with Crippen LogP contribution in [0.1, 0.15) is 84.1 Å². The zero-order valence-electron chi connectivity index (χ0n) is 14.6. The second-order valence-electron chi connectivity index (χ2n) is 6.53. The zero-order valence-corrected chi connectivity index (χ0v) is 15.4. The number of unbranched alkanes of at least 4 members (excludes halogenated alkanes) is 5. The Hall–Kier alpha value is -0.430. The van der Waals surface area contributed by atoms with Gasteiger partial charge in [0, 0.05) is 4.90 Å². The molecule has 0 saturated heterocycles. The van der Waals surface area contributed by atoms with E-state index in [1.54, 1.807) is 5.56 Å². The Balaban J connectivity index is 2.76. The topological polar surface area (TPSA) is 0 Å². The quantitative estimate of drug-likeness (QED) is 0.307. The molecule has 0 aliphatic heterocycles. The first-order valence-corrected chi connectivity index (χ1v) is 10.0. The van der Waals surface area contributed by atoms with Gasteiger partial charge in [-0.05, 0) is 36.1 Å². The fourth-order valence-electron chi connectivity index (χ4n) is 3.22.